The van der Waals surface area contributed by atoms with Gasteiger partial charge < -0.3 is 0 Å². The van der Waals surface area contributed by atoms with Crippen molar-refractivity contribution in [2.75, 3.05) is 0 Å². The van der Waals surface area contributed by atoms with E-state index in [1.54, 1.807) is 0 Å². The standard InChI is InChI=1S/C7H14.C2H4/c1-4-6-7(3)5-2;1-2/h3-6H2,1-2H3;1-2H2. The molecule has 0 N–H and O–H groups in total. The van der Waals surface area contributed by atoms with E-state index in [1.807, 2.05) is 0 Å². The fourth-order valence-corrected chi connectivity index (χ4v) is 0.530. The van der Waals surface area contributed by atoms with Crippen molar-refractivity contribution in [1.29, 1.82) is 0 Å². The monoisotopic (exact) mass is 126 g/mol. The summed E-state index contributed by atoms with van der Waals surface area (Å²) in [6.07, 6.45) is 3.59. The summed E-state index contributed by atoms with van der Waals surface area (Å²) in [4.78, 5) is 0. The van der Waals surface area contributed by atoms with Crippen molar-refractivity contribution in [2.45, 2.75) is 33.1 Å². The van der Waals surface area contributed by atoms with Crippen LogP contribution in [0.25, 0.3) is 0 Å². The molecule has 0 fully saturated rings. The highest BCUT2D eigenvalue weighted by molar-refractivity contribution is 4.91. The Bertz CT molecular complexity index is 62.4. The number of allylic oxidation sites excluding steroid dienone is 1. The summed E-state index contributed by atoms with van der Waals surface area (Å²) >= 11 is 0. The summed E-state index contributed by atoms with van der Waals surface area (Å²) in [5.74, 6) is 0. The Labute approximate surface area is 59.3 Å². The minimum atomic E-state index is 1.15. The average molecular weight is 126 g/mol. The summed E-state index contributed by atoms with van der Waals surface area (Å²) in [6.45, 7) is 14.2. The molecule has 0 unspecified atom stereocenters. The maximum absolute atomic E-state index is 3.86. The lowest BCUT2D eigenvalue weighted by atomic mass is 10.1. The fraction of sp³-hybridized carbons (Fsp3) is 0.556. The Kier molecular flexibility index (Phi) is 13.1. The van der Waals surface area contributed by atoms with Crippen LogP contribution in [-0.2, 0) is 0 Å². The third-order valence-corrected chi connectivity index (χ3v) is 1.10. The highest BCUT2D eigenvalue weighted by Gasteiger charge is 1.83. The molecule has 0 aromatic heterocycles. The largest absolute Gasteiger partial charge is 0.106 e. The third kappa shape index (κ3) is 11.2. The summed E-state index contributed by atoms with van der Waals surface area (Å²) in [6, 6.07) is 0. The maximum Gasteiger partial charge on any atom is -0.0326 e. The molecule has 0 rings (SSSR count). The van der Waals surface area contributed by atoms with Gasteiger partial charge in [0, 0.05) is 0 Å². The molecule has 0 radical (unpaired) electrons. The van der Waals surface area contributed by atoms with E-state index in [9.17, 15) is 0 Å². The van der Waals surface area contributed by atoms with Crippen molar-refractivity contribution in [3.05, 3.63) is 25.3 Å². The van der Waals surface area contributed by atoms with Crippen molar-refractivity contribution in [3.8, 4) is 0 Å². The fourth-order valence-electron chi connectivity index (χ4n) is 0.530. The highest BCUT2D eigenvalue weighted by atomic mass is 13.9. The second kappa shape index (κ2) is 10.5. The minimum absolute atomic E-state index is 1.15. The van der Waals surface area contributed by atoms with Crippen LogP contribution in [0.4, 0.5) is 0 Å². The Morgan fingerprint density at radius 3 is 1.78 bits per heavy atom. The van der Waals surface area contributed by atoms with Gasteiger partial charge >= 0.3 is 0 Å². The Morgan fingerprint density at radius 2 is 1.67 bits per heavy atom. The highest BCUT2D eigenvalue weighted by Crippen LogP contribution is 2.03. The molecule has 0 amide bonds. The molecule has 0 aromatic carbocycles. The molecule has 0 saturated heterocycles. The molecule has 0 aliphatic rings. The number of rotatable bonds is 3. The normalized spacial score (nSPS) is 7.33. The molecule has 0 heterocycles. The lowest BCUT2D eigenvalue weighted by Crippen LogP contribution is -1.73. The van der Waals surface area contributed by atoms with Crippen molar-refractivity contribution in [3.63, 3.8) is 0 Å². The first-order valence-electron chi connectivity index (χ1n) is 3.47. The van der Waals surface area contributed by atoms with Crippen LogP contribution < -0.4 is 0 Å². The first-order chi connectivity index (χ1) is 4.31. The minimum Gasteiger partial charge on any atom is -0.106 e. The summed E-state index contributed by atoms with van der Waals surface area (Å²) in [5.41, 5.74) is 1.38. The van der Waals surface area contributed by atoms with Gasteiger partial charge in [0.2, 0.25) is 0 Å². The zero-order valence-corrected chi connectivity index (χ0v) is 6.74. The topological polar surface area (TPSA) is 0 Å². The average Bonchev–Trinajstić information content (AvgIpc) is 1.93. The Morgan fingerprint density at radius 1 is 1.22 bits per heavy atom. The van der Waals surface area contributed by atoms with E-state index in [0.717, 1.165) is 6.42 Å². The van der Waals surface area contributed by atoms with Crippen LogP contribution in [0.1, 0.15) is 33.1 Å². The summed E-state index contributed by atoms with van der Waals surface area (Å²) in [5, 5.41) is 0. The predicted octanol–water partition coefficient (Wildman–Crippen LogP) is 3.55. The van der Waals surface area contributed by atoms with E-state index < -0.39 is 0 Å². The van der Waals surface area contributed by atoms with Crippen molar-refractivity contribution < 1.29 is 0 Å². The third-order valence-electron chi connectivity index (χ3n) is 1.10. The van der Waals surface area contributed by atoms with Crippen molar-refractivity contribution >= 4 is 0 Å². The van der Waals surface area contributed by atoms with Gasteiger partial charge in [-0.3, -0.25) is 0 Å². The smallest absolute Gasteiger partial charge is 0.0326 e. The molecule has 0 bridgehead atoms. The van der Waals surface area contributed by atoms with E-state index in [4.69, 9.17) is 0 Å². The molecule has 0 heteroatoms. The zero-order valence-electron chi connectivity index (χ0n) is 6.74. The molecule has 54 valence electrons. The van der Waals surface area contributed by atoms with Crippen LogP contribution in [0.5, 0.6) is 0 Å². The SMILES string of the molecule is C=C.C=C(CC)CCC. The van der Waals surface area contributed by atoms with Crippen LogP contribution in [-0.4, -0.2) is 0 Å². The van der Waals surface area contributed by atoms with Gasteiger partial charge in [-0.15, -0.1) is 13.2 Å². The molecule has 0 saturated carbocycles. The van der Waals surface area contributed by atoms with Crippen LogP contribution >= 0.6 is 0 Å². The van der Waals surface area contributed by atoms with Gasteiger partial charge in [0.05, 0.1) is 0 Å². The second-order valence-electron chi connectivity index (χ2n) is 1.85. The van der Waals surface area contributed by atoms with Gasteiger partial charge in [-0.25, -0.2) is 0 Å². The number of hydrogen-bond donors (Lipinski definition) is 0. The summed E-state index contributed by atoms with van der Waals surface area (Å²) < 4.78 is 0. The van der Waals surface area contributed by atoms with E-state index >= 15 is 0 Å². The van der Waals surface area contributed by atoms with Crippen LogP contribution in [0, 0.1) is 0 Å². The molecule has 0 nitrogen and oxygen atoms in total. The maximum atomic E-state index is 3.86. The van der Waals surface area contributed by atoms with Gasteiger partial charge in [-0.05, 0) is 12.8 Å². The summed E-state index contributed by atoms with van der Waals surface area (Å²) in [7, 11) is 0. The lowest BCUT2D eigenvalue weighted by molar-refractivity contribution is 0.863. The van der Waals surface area contributed by atoms with Gasteiger partial charge in [-0.1, -0.05) is 32.4 Å². The molecule has 9 heavy (non-hydrogen) atoms. The first-order valence-corrected chi connectivity index (χ1v) is 3.47. The molecule has 0 aliphatic carbocycles. The van der Waals surface area contributed by atoms with Gasteiger partial charge in [0.15, 0.2) is 0 Å². The van der Waals surface area contributed by atoms with Crippen LogP contribution in [0.15, 0.2) is 25.3 Å². The predicted molar refractivity (Wildman–Crippen MR) is 45.6 cm³/mol. The zero-order chi connectivity index (χ0) is 7.70. The van der Waals surface area contributed by atoms with Crippen LogP contribution in [0.3, 0.4) is 0 Å². The van der Waals surface area contributed by atoms with Crippen molar-refractivity contribution in [2.24, 2.45) is 0 Å². The molecular formula is C9H18. The number of hydrogen-bond acceptors (Lipinski definition) is 0. The van der Waals surface area contributed by atoms with Gasteiger partial charge in [-0.2, -0.15) is 0 Å². The van der Waals surface area contributed by atoms with E-state index in [1.165, 1.54) is 18.4 Å². The van der Waals surface area contributed by atoms with Crippen molar-refractivity contribution in [1.82, 2.24) is 0 Å². The van der Waals surface area contributed by atoms with Crippen LogP contribution in [0.2, 0.25) is 0 Å². The Balaban J connectivity index is 0. The van der Waals surface area contributed by atoms with Gasteiger partial charge in [0.1, 0.15) is 0 Å². The van der Waals surface area contributed by atoms with E-state index in [2.05, 4.69) is 33.6 Å². The second-order valence-corrected chi connectivity index (χ2v) is 1.85. The van der Waals surface area contributed by atoms with Gasteiger partial charge in [0.25, 0.3) is 0 Å². The molecule has 0 spiro atoms. The first kappa shape index (κ1) is 11.3. The molecular weight excluding hydrogens is 108 g/mol. The van der Waals surface area contributed by atoms with E-state index in [-0.39, 0.29) is 0 Å². The Hall–Kier alpha value is -0.520. The molecule has 0 aromatic rings. The molecule has 0 aliphatic heterocycles. The van der Waals surface area contributed by atoms with E-state index in [0.29, 0.717) is 0 Å². The molecule has 0 atom stereocenters. The lowest BCUT2D eigenvalue weighted by Gasteiger charge is -1.94. The quantitative estimate of drug-likeness (QED) is 0.507.